The molecule has 0 amide bonds. The molecule has 9 heteroatoms. The number of thiophene rings is 1. The summed E-state index contributed by atoms with van der Waals surface area (Å²) in [5.74, 6) is 6.70. The van der Waals surface area contributed by atoms with E-state index in [1.165, 1.54) is 29.5 Å². The SMILES string of the molecule is CCn1c(-c2[c-]cc(-c3ccc(F)cc3)c3c2sc2nc(F)ccc23)nc2ccccc21.[2H]C([2H])([2H])c1c[c]([Ge]([CH3])([CH3])[CH3])cnc1-c1[c-]cccc1.[Ir]. The molecule has 50 heavy (non-hydrogen) atoms. The number of rotatable bonds is 5. The number of fused-ring (bicyclic) bond motifs is 4. The summed E-state index contributed by atoms with van der Waals surface area (Å²) >= 11 is -0.671. The van der Waals surface area contributed by atoms with Gasteiger partial charge in [-0.2, -0.15) is 15.7 Å². The van der Waals surface area contributed by atoms with E-state index in [2.05, 4.69) is 56.9 Å². The molecular weight excluding hydrogens is 883 g/mol. The van der Waals surface area contributed by atoms with Crippen LogP contribution in [0.2, 0.25) is 17.3 Å². The summed E-state index contributed by atoms with van der Waals surface area (Å²) in [6.45, 7) is 0.682. The van der Waals surface area contributed by atoms with E-state index in [-0.39, 0.29) is 25.9 Å². The summed E-state index contributed by atoms with van der Waals surface area (Å²) in [4.78, 5) is 14.1. The minimum Gasteiger partial charge on any atom is 0 e. The van der Waals surface area contributed by atoms with Crippen LogP contribution in [-0.2, 0) is 26.7 Å². The predicted molar refractivity (Wildman–Crippen MR) is 202 cm³/mol. The van der Waals surface area contributed by atoms with E-state index in [0.29, 0.717) is 16.1 Å². The number of aromatic nitrogens is 4. The molecule has 4 aromatic heterocycles. The molecule has 0 fully saturated rings. The molecule has 0 saturated heterocycles. The molecule has 1 radical (unpaired) electrons. The van der Waals surface area contributed by atoms with Crippen LogP contribution in [0.25, 0.3) is 65.1 Å². The van der Waals surface area contributed by atoms with Gasteiger partial charge in [0.2, 0.25) is 5.95 Å². The number of benzene rings is 4. The first-order valence-corrected chi connectivity index (χ1v) is 24.1. The van der Waals surface area contributed by atoms with Gasteiger partial charge in [-0.25, -0.2) is 9.37 Å². The topological polar surface area (TPSA) is 43.6 Å². The Labute approximate surface area is 315 Å². The number of hydrogen-bond donors (Lipinski definition) is 0. The molecule has 0 N–H and O–H groups in total. The van der Waals surface area contributed by atoms with Crippen molar-refractivity contribution < 1.29 is 33.0 Å². The van der Waals surface area contributed by atoms with Crippen molar-refractivity contribution in [1.82, 2.24) is 19.5 Å². The normalized spacial score (nSPS) is 12.6. The largest absolute Gasteiger partial charge is 0 e. The Morgan fingerprint density at radius 1 is 0.920 bits per heavy atom. The summed E-state index contributed by atoms with van der Waals surface area (Å²) in [5, 5.41) is 1.81. The molecule has 253 valence electrons. The Morgan fingerprint density at radius 3 is 2.42 bits per heavy atom. The Kier molecular flexibility index (Phi) is 9.34. The van der Waals surface area contributed by atoms with Crippen LogP contribution in [0.3, 0.4) is 0 Å². The van der Waals surface area contributed by atoms with E-state index < -0.39 is 26.1 Å². The third-order valence-electron chi connectivity index (χ3n) is 8.45. The Morgan fingerprint density at radius 2 is 1.70 bits per heavy atom. The maximum absolute atomic E-state index is 13.9. The molecule has 0 atom stereocenters. The number of nitrogens with zero attached hydrogens (tertiary/aromatic N) is 4. The molecule has 4 aromatic carbocycles. The third kappa shape index (κ3) is 6.95. The summed E-state index contributed by atoms with van der Waals surface area (Å²) < 4.78 is 55.0. The van der Waals surface area contributed by atoms with Gasteiger partial charge in [0.1, 0.15) is 10.6 Å². The average Bonchev–Trinajstić information content (AvgIpc) is 3.69. The van der Waals surface area contributed by atoms with E-state index in [0.717, 1.165) is 65.5 Å². The molecule has 8 aromatic rings. The van der Waals surface area contributed by atoms with Gasteiger partial charge in [0.25, 0.3) is 0 Å². The van der Waals surface area contributed by atoms with Gasteiger partial charge in [0.05, 0.1) is 16.9 Å². The number of para-hydroxylation sites is 2. The van der Waals surface area contributed by atoms with Crippen LogP contribution in [0.4, 0.5) is 8.78 Å². The summed E-state index contributed by atoms with van der Waals surface area (Å²) in [6.07, 6.45) is 1.84. The molecule has 0 saturated carbocycles. The van der Waals surface area contributed by atoms with E-state index in [9.17, 15) is 8.78 Å². The van der Waals surface area contributed by atoms with E-state index in [1.54, 1.807) is 24.3 Å². The monoisotopic (exact) mass is 922 g/mol. The summed E-state index contributed by atoms with van der Waals surface area (Å²) in [5.41, 5.74) is 6.17. The van der Waals surface area contributed by atoms with Crippen LogP contribution in [0.1, 0.15) is 16.6 Å². The van der Waals surface area contributed by atoms with Crippen LogP contribution in [0.5, 0.6) is 0 Å². The zero-order chi connectivity index (χ0) is 36.8. The van der Waals surface area contributed by atoms with Gasteiger partial charge < -0.3 is 4.57 Å². The maximum Gasteiger partial charge on any atom is 0 e. The van der Waals surface area contributed by atoms with Gasteiger partial charge in [-0.05, 0) is 48.0 Å². The molecule has 0 unspecified atom stereocenters. The molecule has 0 aliphatic rings. The standard InChI is InChI=1S/C26H16F2N3S.C15H18GeN.Ir/c1-2-31-21-6-4-3-5-20(21)29-25(31)19-12-11-17(15-7-9-16(27)10-8-15)23-18-13-14-22(28)30-26(18)32-24(19)23;1-12-10-14(16(2,3)4)11-17-15(12)13-8-6-5-7-9-13;/h3-11,13-14H,2H2,1H3;5-8,10-11H,1-4H3;/q2*-1;/i;1D3;. The van der Waals surface area contributed by atoms with Crippen LogP contribution in [-0.4, -0.2) is 32.8 Å². The minimum atomic E-state index is -2.16. The van der Waals surface area contributed by atoms with Crippen LogP contribution in [0.15, 0.2) is 103 Å². The van der Waals surface area contributed by atoms with Gasteiger partial charge in [-0.15, -0.1) is 12.1 Å². The zero-order valence-corrected chi connectivity index (χ0v) is 33.1. The Balaban J connectivity index is 0.000000199. The summed E-state index contributed by atoms with van der Waals surface area (Å²) in [7, 11) is 0. The molecule has 0 bridgehead atoms. The van der Waals surface area contributed by atoms with Crippen molar-refractivity contribution in [2.24, 2.45) is 0 Å². The summed E-state index contributed by atoms with van der Waals surface area (Å²) in [6, 6.07) is 35.1. The second kappa shape index (κ2) is 14.6. The molecule has 4 heterocycles. The fourth-order valence-electron chi connectivity index (χ4n) is 5.92. The first-order valence-electron chi connectivity index (χ1n) is 17.5. The molecule has 0 aliphatic carbocycles. The molecular formula is C41H34F2GeIrN4S-2. The number of aryl methyl sites for hydroxylation is 2. The zero-order valence-electron chi connectivity index (χ0n) is 30.8. The van der Waals surface area contributed by atoms with Crippen LogP contribution >= 0.6 is 11.3 Å². The number of halogens is 2. The number of hydrogen-bond acceptors (Lipinski definition) is 4. The van der Waals surface area contributed by atoms with Crippen molar-refractivity contribution in [2.45, 2.75) is 37.6 Å². The first-order chi connectivity index (χ1) is 24.8. The van der Waals surface area contributed by atoms with Gasteiger partial charge in [-0.3, -0.25) is 4.98 Å². The average molecular weight is 921 g/mol. The fraction of sp³-hybridized carbons (Fsp3) is 0.146. The second-order valence-electron chi connectivity index (χ2n) is 12.7. The van der Waals surface area contributed by atoms with E-state index in [4.69, 9.17) is 9.10 Å². The maximum atomic E-state index is 13.9. The van der Waals surface area contributed by atoms with Crippen molar-refractivity contribution in [3.63, 3.8) is 0 Å². The van der Waals surface area contributed by atoms with Crippen molar-refractivity contribution >= 4 is 60.3 Å². The van der Waals surface area contributed by atoms with E-state index in [1.807, 2.05) is 54.7 Å². The third-order valence-corrected chi connectivity index (χ3v) is 13.8. The van der Waals surface area contributed by atoms with Gasteiger partial charge >= 0.3 is 110 Å². The van der Waals surface area contributed by atoms with Gasteiger partial charge in [0.15, 0.2) is 0 Å². The Bertz CT molecular complexity index is 2570. The number of pyridine rings is 2. The van der Waals surface area contributed by atoms with Crippen molar-refractivity contribution in [2.75, 3.05) is 0 Å². The van der Waals surface area contributed by atoms with Crippen molar-refractivity contribution in [1.29, 1.82) is 0 Å². The molecule has 0 aliphatic heterocycles. The second-order valence-corrected chi connectivity index (χ2v) is 24.3. The predicted octanol–water partition coefficient (Wildman–Crippen LogP) is 10.6. The molecule has 0 spiro atoms. The minimum absolute atomic E-state index is 0. The number of imidazole rings is 1. The van der Waals surface area contributed by atoms with Gasteiger partial charge in [-0.1, -0.05) is 46.3 Å². The van der Waals surface area contributed by atoms with E-state index >= 15 is 0 Å². The van der Waals surface area contributed by atoms with Crippen LogP contribution in [0, 0.1) is 30.7 Å². The molecule has 8 rings (SSSR count). The first kappa shape index (κ1) is 31.9. The van der Waals surface area contributed by atoms with Crippen molar-refractivity contribution in [3.8, 4) is 33.8 Å². The van der Waals surface area contributed by atoms with Crippen LogP contribution < -0.4 is 4.40 Å². The Hall–Kier alpha value is -4.08. The fourth-order valence-corrected chi connectivity index (χ4v) is 9.26. The smallest absolute Gasteiger partial charge is 0 e. The molecule has 4 nitrogen and oxygen atoms in total. The van der Waals surface area contributed by atoms with Gasteiger partial charge in [0, 0.05) is 32.0 Å². The van der Waals surface area contributed by atoms with Crippen molar-refractivity contribution in [3.05, 3.63) is 133 Å². The quantitative estimate of drug-likeness (QED) is 0.0982.